The summed E-state index contributed by atoms with van der Waals surface area (Å²) in [5, 5.41) is 25.0. The maximum atomic E-state index is 8.94. The fourth-order valence-corrected chi connectivity index (χ4v) is 1.37. The van der Waals surface area contributed by atoms with Gasteiger partial charge in [-0.3, -0.25) is 4.68 Å². The van der Waals surface area contributed by atoms with Crippen molar-refractivity contribution in [3.8, 4) is 0 Å². The Morgan fingerprint density at radius 1 is 1.47 bits per heavy atom. The van der Waals surface area contributed by atoms with Crippen LogP contribution in [0, 0.1) is 0 Å². The second kappa shape index (κ2) is 4.99. The molecule has 1 aromatic rings. The highest BCUT2D eigenvalue weighted by Crippen LogP contribution is 2.22. The van der Waals surface area contributed by atoms with Gasteiger partial charge in [0.2, 0.25) is 0 Å². The first-order valence-electron chi connectivity index (χ1n) is 4.93. The lowest BCUT2D eigenvalue weighted by atomic mass is 10.2. The summed E-state index contributed by atoms with van der Waals surface area (Å²) in [6.45, 7) is 1.67. The molecular formula is C9H18N4O2. The Kier molecular flexibility index (Phi) is 3.93. The lowest BCUT2D eigenvalue weighted by Gasteiger charge is -2.15. The summed E-state index contributed by atoms with van der Waals surface area (Å²) in [6.07, 6.45) is 0.754. The fraction of sp³-hybridized carbons (Fsp3) is 0.667. The Balaban J connectivity index is 2.88. The van der Waals surface area contributed by atoms with Crippen LogP contribution in [0.4, 0.5) is 11.5 Å². The van der Waals surface area contributed by atoms with Gasteiger partial charge < -0.3 is 21.3 Å². The molecule has 0 unspecified atom stereocenters. The Morgan fingerprint density at radius 2 is 2.07 bits per heavy atom. The molecule has 0 bridgehead atoms. The highest BCUT2D eigenvalue weighted by atomic mass is 16.3. The molecule has 0 atom stereocenters. The van der Waals surface area contributed by atoms with Crippen molar-refractivity contribution in [2.45, 2.75) is 19.4 Å². The van der Waals surface area contributed by atoms with Crippen molar-refractivity contribution >= 4 is 11.5 Å². The molecular weight excluding hydrogens is 196 g/mol. The number of rotatable bonds is 5. The number of aromatic nitrogens is 2. The number of nitrogens with one attached hydrogen (secondary N) is 1. The quantitative estimate of drug-likeness (QED) is 0.521. The molecule has 0 fully saturated rings. The average molecular weight is 214 g/mol. The largest absolute Gasteiger partial charge is 0.394 e. The molecule has 0 radical (unpaired) electrons. The van der Waals surface area contributed by atoms with Gasteiger partial charge in [-0.25, -0.2) is 0 Å². The van der Waals surface area contributed by atoms with Crippen LogP contribution < -0.4 is 11.1 Å². The van der Waals surface area contributed by atoms with Crippen LogP contribution in [-0.2, 0) is 13.5 Å². The van der Waals surface area contributed by atoms with Gasteiger partial charge in [-0.05, 0) is 6.42 Å². The maximum absolute atomic E-state index is 8.94. The van der Waals surface area contributed by atoms with E-state index in [1.807, 2.05) is 6.92 Å². The second-order valence-corrected chi connectivity index (χ2v) is 3.39. The van der Waals surface area contributed by atoms with Gasteiger partial charge in [-0.1, -0.05) is 6.92 Å². The molecule has 0 aliphatic rings. The van der Waals surface area contributed by atoms with E-state index >= 15 is 0 Å². The fourth-order valence-electron chi connectivity index (χ4n) is 1.37. The number of hydrogen-bond acceptors (Lipinski definition) is 5. The number of nitrogens with two attached hydrogens (primary N) is 1. The third-order valence-corrected chi connectivity index (χ3v) is 2.28. The topological polar surface area (TPSA) is 96.3 Å². The molecule has 0 saturated carbocycles. The van der Waals surface area contributed by atoms with E-state index in [1.54, 1.807) is 11.7 Å². The van der Waals surface area contributed by atoms with E-state index < -0.39 is 6.04 Å². The highest BCUT2D eigenvalue weighted by Gasteiger charge is 2.14. The van der Waals surface area contributed by atoms with Crippen molar-refractivity contribution in [3.05, 3.63) is 5.69 Å². The van der Waals surface area contributed by atoms with Gasteiger partial charge in [0.25, 0.3) is 0 Å². The molecule has 0 spiro atoms. The minimum absolute atomic E-state index is 0.150. The summed E-state index contributed by atoms with van der Waals surface area (Å²) in [6, 6.07) is -0.410. The second-order valence-electron chi connectivity index (χ2n) is 3.39. The zero-order valence-electron chi connectivity index (χ0n) is 9.06. The van der Waals surface area contributed by atoms with Gasteiger partial charge in [-0.15, -0.1) is 0 Å². The third kappa shape index (κ3) is 2.40. The molecule has 1 rings (SSSR count). The Hall–Kier alpha value is -1.27. The highest BCUT2D eigenvalue weighted by molar-refractivity contribution is 5.65. The SMILES string of the molecule is CCc1nn(C)c(NC(CO)CO)c1N. The average Bonchev–Trinajstić information content (AvgIpc) is 2.51. The van der Waals surface area contributed by atoms with Crippen molar-refractivity contribution in [2.75, 3.05) is 24.3 Å². The Labute approximate surface area is 88.7 Å². The Morgan fingerprint density at radius 3 is 2.47 bits per heavy atom. The van der Waals surface area contributed by atoms with Crippen LogP contribution in [-0.4, -0.2) is 39.2 Å². The van der Waals surface area contributed by atoms with E-state index in [9.17, 15) is 0 Å². The van der Waals surface area contributed by atoms with Gasteiger partial charge in [0.1, 0.15) is 5.82 Å². The number of anilines is 2. The third-order valence-electron chi connectivity index (χ3n) is 2.28. The van der Waals surface area contributed by atoms with E-state index in [0.717, 1.165) is 12.1 Å². The smallest absolute Gasteiger partial charge is 0.148 e. The van der Waals surface area contributed by atoms with Crippen molar-refractivity contribution in [1.82, 2.24) is 9.78 Å². The van der Waals surface area contributed by atoms with Gasteiger partial charge >= 0.3 is 0 Å². The predicted octanol–water partition coefficient (Wildman–Crippen LogP) is -0.670. The van der Waals surface area contributed by atoms with Crippen molar-refractivity contribution in [1.29, 1.82) is 0 Å². The molecule has 0 aliphatic heterocycles. The summed E-state index contributed by atoms with van der Waals surface area (Å²) in [7, 11) is 1.77. The number of nitrogens with zero attached hydrogens (tertiary/aromatic N) is 2. The lowest BCUT2D eigenvalue weighted by molar-refractivity contribution is 0.203. The molecule has 0 saturated heterocycles. The van der Waals surface area contributed by atoms with Crippen LogP contribution in [0.15, 0.2) is 0 Å². The molecule has 0 aliphatic carbocycles. The van der Waals surface area contributed by atoms with Crippen LogP contribution in [0.5, 0.6) is 0 Å². The van der Waals surface area contributed by atoms with Crippen LogP contribution >= 0.6 is 0 Å². The first-order chi connectivity index (χ1) is 7.13. The van der Waals surface area contributed by atoms with E-state index in [2.05, 4.69) is 10.4 Å². The van der Waals surface area contributed by atoms with E-state index in [0.29, 0.717) is 11.5 Å². The monoisotopic (exact) mass is 214 g/mol. The molecule has 6 nitrogen and oxygen atoms in total. The van der Waals surface area contributed by atoms with Crippen molar-refractivity contribution in [2.24, 2.45) is 7.05 Å². The summed E-state index contributed by atoms with van der Waals surface area (Å²) < 4.78 is 1.62. The summed E-state index contributed by atoms with van der Waals surface area (Å²) in [4.78, 5) is 0. The first-order valence-corrected chi connectivity index (χ1v) is 4.93. The number of hydrogen-bond donors (Lipinski definition) is 4. The zero-order valence-corrected chi connectivity index (χ0v) is 9.06. The normalized spacial score (nSPS) is 11.0. The maximum Gasteiger partial charge on any atom is 0.148 e. The molecule has 1 heterocycles. The number of nitrogen functional groups attached to an aromatic ring is 1. The molecule has 1 aromatic heterocycles. The number of aryl methyl sites for hydroxylation is 2. The summed E-state index contributed by atoms with van der Waals surface area (Å²) in [5.41, 5.74) is 7.25. The van der Waals surface area contributed by atoms with Crippen molar-refractivity contribution < 1.29 is 10.2 Å². The lowest BCUT2D eigenvalue weighted by Crippen LogP contribution is -2.29. The number of aliphatic hydroxyl groups excluding tert-OH is 2. The minimum atomic E-state index is -0.410. The van der Waals surface area contributed by atoms with Crippen LogP contribution in [0.2, 0.25) is 0 Å². The molecule has 6 heteroatoms. The molecule has 0 aromatic carbocycles. The van der Waals surface area contributed by atoms with E-state index in [1.165, 1.54) is 0 Å². The molecule has 86 valence electrons. The van der Waals surface area contributed by atoms with Crippen LogP contribution in [0.1, 0.15) is 12.6 Å². The van der Waals surface area contributed by atoms with Crippen molar-refractivity contribution in [3.63, 3.8) is 0 Å². The van der Waals surface area contributed by atoms with Gasteiger partial charge in [0.05, 0.1) is 30.6 Å². The van der Waals surface area contributed by atoms with E-state index in [-0.39, 0.29) is 13.2 Å². The molecule has 0 amide bonds. The summed E-state index contributed by atoms with van der Waals surface area (Å²) >= 11 is 0. The minimum Gasteiger partial charge on any atom is -0.394 e. The number of aliphatic hydroxyl groups is 2. The predicted molar refractivity (Wildman–Crippen MR) is 58.6 cm³/mol. The zero-order chi connectivity index (χ0) is 11.4. The van der Waals surface area contributed by atoms with Crippen LogP contribution in [0.3, 0.4) is 0 Å². The summed E-state index contributed by atoms with van der Waals surface area (Å²) in [5.74, 6) is 0.639. The Bertz CT molecular complexity index is 320. The van der Waals surface area contributed by atoms with Crippen LogP contribution in [0.25, 0.3) is 0 Å². The van der Waals surface area contributed by atoms with E-state index in [4.69, 9.17) is 15.9 Å². The molecule has 15 heavy (non-hydrogen) atoms. The van der Waals surface area contributed by atoms with Gasteiger partial charge in [0.15, 0.2) is 0 Å². The van der Waals surface area contributed by atoms with Gasteiger partial charge in [0, 0.05) is 7.05 Å². The van der Waals surface area contributed by atoms with Gasteiger partial charge in [-0.2, -0.15) is 5.10 Å². The molecule has 5 N–H and O–H groups in total. The first kappa shape index (κ1) is 11.8. The standard InChI is InChI=1S/C9H18N4O2/c1-3-7-8(10)9(13(2)12-7)11-6(4-14)5-15/h6,11,14-15H,3-5,10H2,1-2H3.